The van der Waals surface area contributed by atoms with Crippen molar-refractivity contribution < 1.29 is 4.74 Å². The highest BCUT2D eigenvalue weighted by Crippen LogP contribution is 2.29. The molecule has 0 saturated carbocycles. The molecule has 1 rings (SSSR count). The molecule has 2 N–H and O–H groups in total. The first-order chi connectivity index (χ1) is 4.64. The van der Waals surface area contributed by atoms with Gasteiger partial charge in [0.1, 0.15) is 0 Å². The monoisotopic (exact) mass is 179 g/mol. The van der Waals surface area contributed by atoms with Crippen LogP contribution in [0.1, 0.15) is 26.7 Å². The number of hydrogen-bond donors (Lipinski definition) is 1. The van der Waals surface area contributed by atoms with Gasteiger partial charge in [0.15, 0.2) is 0 Å². The first-order valence-electron chi connectivity index (χ1n) is 3.96. The van der Waals surface area contributed by atoms with Crippen molar-refractivity contribution in [2.75, 3.05) is 13.2 Å². The van der Waals surface area contributed by atoms with Gasteiger partial charge in [-0.3, -0.25) is 0 Å². The normalized spacial score (nSPS) is 29.2. The van der Waals surface area contributed by atoms with E-state index in [1.807, 2.05) is 0 Å². The molecule has 1 fully saturated rings. The molecular weight excluding hydrogens is 162 g/mol. The van der Waals surface area contributed by atoms with E-state index in [1.165, 1.54) is 6.42 Å². The van der Waals surface area contributed by atoms with Crippen LogP contribution in [0.25, 0.3) is 0 Å². The standard InChI is InChI=1S/C8H17NO.ClH/c1-8(2)4-3-7(5-9)10-6-8;/h7H,3-6,9H2,1-2H3;1H. The third-order valence-corrected chi connectivity index (χ3v) is 2.12. The lowest BCUT2D eigenvalue weighted by Gasteiger charge is -2.33. The Labute approximate surface area is 74.9 Å². The smallest absolute Gasteiger partial charge is 0.0697 e. The number of halogens is 1. The maximum atomic E-state index is 5.52. The highest BCUT2D eigenvalue weighted by molar-refractivity contribution is 5.85. The second kappa shape index (κ2) is 4.29. The third-order valence-electron chi connectivity index (χ3n) is 2.12. The Bertz CT molecular complexity index is 107. The number of rotatable bonds is 1. The fraction of sp³-hybridized carbons (Fsp3) is 1.00. The van der Waals surface area contributed by atoms with Crippen molar-refractivity contribution in [3.05, 3.63) is 0 Å². The van der Waals surface area contributed by atoms with Crippen LogP contribution in [0.3, 0.4) is 0 Å². The van der Waals surface area contributed by atoms with Gasteiger partial charge in [0.05, 0.1) is 12.7 Å². The molecule has 1 aliphatic heterocycles. The summed E-state index contributed by atoms with van der Waals surface area (Å²) in [5, 5.41) is 0. The molecule has 0 aromatic heterocycles. The summed E-state index contributed by atoms with van der Waals surface area (Å²) in [5.74, 6) is 0. The van der Waals surface area contributed by atoms with E-state index >= 15 is 0 Å². The fourth-order valence-corrected chi connectivity index (χ4v) is 1.24. The molecule has 0 spiro atoms. The van der Waals surface area contributed by atoms with Crippen LogP contribution in [0.5, 0.6) is 0 Å². The summed E-state index contributed by atoms with van der Waals surface area (Å²) in [7, 11) is 0. The van der Waals surface area contributed by atoms with Gasteiger partial charge in [-0.2, -0.15) is 0 Å². The van der Waals surface area contributed by atoms with Gasteiger partial charge >= 0.3 is 0 Å². The SMILES string of the molecule is CC1(C)CCC(CN)OC1.Cl. The second-order valence-corrected chi connectivity index (χ2v) is 3.87. The van der Waals surface area contributed by atoms with Crippen LogP contribution < -0.4 is 5.73 Å². The molecule has 0 aliphatic carbocycles. The van der Waals surface area contributed by atoms with Crippen LogP contribution in [0.4, 0.5) is 0 Å². The summed E-state index contributed by atoms with van der Waals surface area (Å²) < 4.78 is 5.52. The van der Waals surface area contributed by atoms with E-state index < -0.39 is 0 Å². The van der Waals surface area contributed by atoms with E-state index in [0.717, 1.165) is 13.0 Å². The van der Waals surface area contributed by atoms with Gasteiger partial charge in [-0.05, 0) is 18.3 Å². The van der Waals surface area contributed by atoms with E-state index in [0.29, 0.717) is 18.1 Å². The lowest BCUT2D eigenvalue weighted by atomic mass is 9.85. The predicted octanol–water partition coefficient (Wildman–Crippen LogP) is 1.57. The van der Waals surface area contributed by atoms with Crippen molar-refractivity contribution in [1.29, 1.82) is 0 Å². The summed E-state index contributed by atoms with van der Waals surface area (Å²) in [6, 6.07) is 0. The maximum Gasteiger partial charge on any atom is 0.0697 e. The quantitative estimate of drug-likeness (QED) is 0.664. The molecule has 1 saturated heterocycles. The minimum Gasteiger partial charge on any atom is -0.376 e. The molecule has 1 atom stereocenters. The molecule has 0 amide bonds. The predicted molar refractivity (Wildman–Crippen MR) is 49.1 cm³/mol. The fourth-order valence-electron chi connectivity index (χ4n) is 1.24. The summed E-state index contributed by atoms with van der Waals surface area (Å²) in [5.41, 5.74) is 5.85. The number of hydrogen-bond acceptors (Lipinski definition) is 2. The Balaban J connectivity index is 0.000001000. The van der Waals surface area contributed by atoms with Gasteiger partial charge in [0.25, 0.3) is 0 Å². The van der Waals surface area contributed by atoms with E-state index in [9.17, 15) is 0 Å². The number of ether oxygens (including phenoxy) is 1. The second-order valence-electron chi connectivity index (χ2n) is 3.87. The molecule has 0 bridgehead atoms. The van der Waals surface area contributed by atoms with Gasteiger partial charge in [0.2, 0.25) is 0 Å². The first kappa shape index (κ1) is 11.2. The van der Waals surface area contributed by atoms with E-state index in [-0.39, 0.29) is 12.4 Å². The van der Waals surface area contributed by atoms with Gasteiger partial charge < -0.3 is 10.5 Å². The van der Waals surface area contributed by atoms with Crippen LogP contribution in [0.2, 0.25) is 0 Å². The zero-order valence-corrected chi connectivity index (χ0v) is 8.12. The van der Waals surface area contributed by atoms with Crippen molar-refractivity contribution in [2.45, 2.75) is 32.8 Å². The molecule has 1 unspecified atom stereocenters. The summed E-state index contributed by atoms with van der Waals surface area (Å²) in [6.07, 6.45) is 2.70. The molecule has 1 aliphatic rings. The Kier molecular flexibility index (Phi) is 4.37. The Morgan fingerprint density at radius 3 is 2.55 bits per heavy atom. The maximum absolute atomic E-state index is 5.52. The lowest BCUT2D eigenvalue weighted by molar-refractivity contribution is -0.0430. The largest absolute Gasteiger partial charge is 0.376 e. The average Bonchev–Trinajstić information content (AvgIpc) is 1.88. The highest BCUT2D eigenvalue weighted by Gasteiger charge is 2.26. The Morgan fingerprint density at radius 2 is 2.18 bits per heavy atom. The summed E-state index contributed by atoms with van der Waals surface area (Å²) >= 11 is 0. The van der Waals surface area contributed by atoms with Gasteiger partial charge in [-0.15, -0.1) is 12.4 Å². The first-order valence-corrected chi connectivity index (χ1v) is 3.96. The van der Waals surface area contributed by atoms with E-state index in [2.05, 4.69) is 13.8 Å². The summed E-state index contributed by atoms with van der Waals surface area (Å²) in [6.45, 7) is 6.02. The van der Waals surface area contributed by atoms with E-state index in [1.54, 1.807) is 0 Å². The van der Waals surface area contributed by atoms with Crippen molar-refractivity contribution in [3.63, 3.8) is 0 Å². The summed E-state index contributed by atoms with van der Waals surface area (Å²) in [4.78, 5) is 0. The average molecular weight is 180 g/mol. The van der Waals surface area contributed by atoms with E-state index in [4.69, 9.17) is 10.5 Å². The lowest BCUT2D eigenvalue weighted by Crippen LogP contribution is -2.35. The molecular formula is C8H18ClNO. The molecule has 11 heavy (non-hydrogen) atoms. The number of nitrogens with two attached hydrogens (primary N) is 1. The minimum absolute atomic E-state index is 0. The topological polar surface area (TPSA) is 35.2 Å². The van der Waals surface area contributed by atoms with Crippen molar-refractivity contribution in [2.24, 2.45) is 11.1 Å². The molecule has 68 valence electrons. The Morgan fingerprint density at radius 1 is 1.55 bits per heavy atom. The van der Waals surface area contributed by atoms with Gasteiger partial charge in [0, 0.05) is 6.54 Å². The zero-order valence-electron chi connectivity index (χ0n) is 7.30. The third kappa shape index (κ3) is 3.41. The van der Waals surface area contributed by atoms with Crippen LogP contribution in [0.15, 0.2) is 0 Å². The molecule has 0 radical (unpaired) electrons. The van der Waals surface area contributed by atoms with Gasteiger partial charge in [-0.25, -0.2) is 0 Å². The Hall–Kier alpha value is 0.210. The molecule has 0 aromatic rings. The van der Waals surface area contributed by atoms with Crippen LogP contribution in [0, 0.1) is 5.41 Å². The van der Waals surface area contributed by atoms with Crippen molar-refractivity contribution >= 4 is 12.4 Å². The van der Waals surface area contributed by atoms with Crippen LogP contribution in [-0.2, 0) is 4.74 Å². The van der Waals surface area contributed by atoms with Crippen molar-refractivity contribution in [1.82, 2.24) is 0 Å². The van der Waals surface area contributed by atoms with Gasteiger partial charge in [-0.1, -0.05) is 13.8 Å². The highest BCUT2D eigenvalue weighted by atomic mass is 35.5. The zero-order chi connectivity index (χ0) is 7.61. The molecule has 1 heterocycles. The van der Waals surface area contributed by atoms with Crippen LogP contribution in [-0.4, -0.2) is 19.3 Å². The minimum atomic E-state index is 0. The molecule has 2 nitrogen and oxygen atoms in total. The van der Waals surface area contributed by atoms with Crippen molar-refractivity contribution in [3.8, 4) is 0 Å². The molecule has 3 heteroatoms. The molecule has 0 aromatic carbocycles. The van der Waals surface area contributed by atoms with Crippen LogP contribution >= 0.6 is 12.4 Å².